The number of rotatable bonds is 5. The molecule has 0 bridgehead atoms. The maximum Gasteiger partial charge on any atom is 0.122 e. The van der Waals surface area contributed by atoms with Gasteiger partial charge in [0.2, 0.25) is 0 Å². The Hall–Kier alpha value is -1.02. The van der Waals surface area contributed by atoms with Crippen molar-refractivity contribution in [1.82, 2.24) is 0 Å². The molecule has 1 aromatic rings. The van der Waals surface area contributed by atoms with Gasteiger partial charge < -0.3 is 10.5 Å². The van der Waals surface area contributed by atoms with Crippen molar-refractivity contribution in [3.05, 3.63) is 29.3 Å². The lowest BCUT2D eigenvalue weighted by Gasteiger charge is -2.19. The fraction of sp³-hybridized carbons (Fsp3) is 0.600. The summed E-state index contributed by atoms with van der Waals surface area (Å²) in [5, 5.41) is 0. The highest BCUT2D eigenvalue weighted by atomic mass is 16.5. The molecule has 2 atom stereocenters. The van der Waals surface area contributed by atoms with Crippen LogP contribution in [0.5, 0.6) is 5.75 Å². The summed E-state index contributed by atoms with van der Waals surface area (Å²) >= 11 is 0. The van der Waals surface area contributed by atoms with Crippen LogP contribution in [0.2, 0.25) is 0 Å². The lowest BCUT2D eigenvalue weighted by molar-refractivity contribution is 0.201. The Labute approximate surface area is 105 Å². The summed E-state index contributed by atoms with van der Waals surface area (Å²) in [4.78, 5) is 0. The third-order valence-corrected chi connectivity index (χ3v) is 2.91. The molecule has 2 nitrogen and oxygen atoms in total. The normalized spacial score (nSPS) is 14.8. The number of nitrogens with two attached hydrogens (primary N) is 1. The third kappa shape index (κ3) is 4.39. The van der Waals surface area contributed by atoms with Crippen LogP contribution in [0.25, 0.3) is 0 Å². The molecule has 1 rings (SSSR count). The van der Waals surface area contributed by atoms with Crippen molar-refractivity contribution < 1.29 is 4.74 Å². The summed E-state index contributed by atoms with van der Waals surface area (Å²) in [7, 11) is 0. The minimum absolute atomic E-state index is 0.163. The second-order valence-corrected chi connectivity index (χ2v) is 5.32. The van der Waals surface area contributed by atoms with Crippen LogP contribution >= 0.6 is 0 Å². The molecule has 0 saturated carbocycles. The molecule has 96 valence electrons. The number of ether oxygens (including phenoxy) is 1. The van der Waals surface area contributed by atoms with E-state index in [1.54, 1.807) is 0 Å². The lowest BCUT2D eigenvalue weighted by atomic mass is 10.0. The molecule has 1 aromatic carbocycles. The molecule has 17 heavy (non-hydrogen) atoms. The molecule has 0 aliphatic carbocycles. The SMILES string of the molecule is Cc1ccc(C(C)C)cc1OC(C)CC(C)N. The lowest BCUT2D eigenvalue weighted by Crippen LogP contribution is -2.24. The van der Waals surface area contributed by atoms with Gasteiger partial charge in [0.05, 0.1) is 6.10 Å². The van der Waals surface area contributed by atoms with E-state index in [0.717, 1.165) is 12.2 Å². The average molecular weight is 235 g/mol. The van der Waals surface area contributed by atoms with Crippen LogP contribution in [-0.4, -0.2) is 12.1 Å². The minimum atomic E-state index is 0.163. The highest BCUT2D eigenvalue weighted by molar-refractivity contribution is 5.37. The van der Waals surface area contributed by atoms with Gasteiger partial charge in [0.25, 0.3) is 0 Å². The van der Waals surface area contributed by atoms with Crippen molar-refractivity contribution in [2.45, 2.75) is 59.1 Å². The van der Waals surface area contributed by atoms with Gasteiger partial charge in [-0.3, -0.25) is 0 Å². The number of hydrogen-bond donors (Lipinski definition) is 1. The Morgan fingerprint density at radius 2 is 1.82 bits per heavy atom. The molecular weight excluding hydrogens is 210 g/mol. The summed E-state index contributed by atoms with van der Waals surface area (Å²) in [5.74, 6) is 1.52. The maximum absolute atomic E-state index is 5.97. The van der Waals surface area contributed by atoms with Crippen molar-refractivity contribution in [3.63, 3.8) is 0 Å². The monoisotopic (exact) mass is 235 g/mol. The number of aryl methyl sites for hydroxylation is 1. The Morgan fingerprint density at radius 1 is 1.18 bits per heavy atom. The Morgan fingerprint density at radius 3 is 2.35 bits per heavy atom. The van der Waals surface area contributed by atoms with E-state index in [1.165, 1.54) is 11.1 Å². The van der Waals surface area contributed by atoms with Crippen LogP contribution in [0.1, 0.15) is 51.2 Å². The molecule has 0 aliphatic rings. The standard InChI is InChI=1S/C15H25NO/c1-10(2)14-7-6-11(3)15(9-14)17-13(5)8-12(4)16/h6-7,9-10,12-13H,8,16H2,1-5H3. The van der Waals surface area contributed by atoms with Gasteiger partial charge in [0.1, 0.15) is 5.75 Å². The Bertz CT molecular complexity index is 358. The summed E-state index contributed by atoms with van der Waals surface area (Å²) in [5.41, 5.74) is 8.29. The van der Waals surface area contributed by atoms with Crippen LogP contribution in [0.3, 0.4) is 0 Å². The second-order valence-electron chi connectivity index (χ2n) is 5.32. The van der Waals surface area contributed by atoms with Crippen LogP contribution < -0.4 is 10.5 Å². The molecule has 2 N–H and O–H groups in total. The largest absolute Gasteiger partial charge is 0.490 e. The molecule has 0 radical (unpaired) electrons. The Kier molecular flexibility index (Phi) is 5.01. The van der Waals surface area contributed by atoms with Crippen LogP contribution in [0.15, 0.2) is 18.2 Å². The highest BCUT2D eigenvalue weighted by Crippen LogP contribution is 2.25. The predicted octanol–water partition coefficient (Wildman–Crippen LogP) is 3.62. The van der Waals surface area contributed by atoms with Crippen LogP contribution in [-0.2, 0) is 0 Å². The van der Waals surface area contributed by atoms with Gasteiger partial charge in [-0.1, -0.05) is 26.0 Å². The number of hydrogen-bond acceptors (Lipinski definition) is 2. The zero-order valence-electron chi connectivity index (χ0n) is 11.7. The summed E-state index contributed by atoms with van der Waals surface area (Å²) < 4.78 is 5.97. The van der Waals surface area contributed by atoms with Crippen molar-refractivity contribution in [2.75, 3.05) is 0 Å². The van der Waals surface area contributed by atoms with E-state index >= 15 is 0 Å². The molecule has 0 aromatic heterocycles. The molecule has 0 aliphatic heterocycles. The second kappa shape index (κ2) is 6.06. The van der Waals surface area contributed by atoms with Crippen LogP contribution in [0.4, 0.5) is 0 Å². The summed E-state index contributed by atoms with van der Waals surface area (Å²) in [6.45, 7) is 10.6. The molecule has 0 heterocycles. The first-order chi connectivity index (χ1) is 7.90. The quantitative estimate of drug-likeness (QED) is 0.846. The zero-order chi connectivity index (χ0) is 13.0. The predicted molar refractivity (Wildman–Crippen MR) is 73.6 cm³/mol. The van der Waals surface area contributed by atoms with Gasteiger partial charge in [-0.25, -0.2) is 0 Å². The van der Waals surface area contributed by atoms with E-state index in [0.29, 0.717) is 5.92 Å². The summed E-state index contributed by atoms with van der Waals surface area (Å²) in [6.07, 6.45) is 1.04. The van der Waals surface area contributed by atoms with Gasteiger partial charge in [-0.15, -0.1) is 0 Å². The molecule has 0 amide bonds. The van der Waals surface area contributed by atoms with Gasteiger partial charge in [0.15, 0.2) is 0 Å². The third-order valence-electron chi connectivity index (χ3n) is 2.91. The molecular formula is C15H25NO. The average Bonchev–Trinajstić information content (AvgIpc) is 2.19. The smallest absolute Gasteiger partial charge is 0.122 e. The Balaban J connectivity index is 2.79. The van der Waals surface area contributed by atoms with E-state index in [1.807, 2.05) is 6.92 Å². The first kappa shape index (κ1) is 14.0. The first-order valence-electron chi connectivity index (χ1n) is 6.43. The van der Waals surface area contributed by atoms with Gasteiger partial charge in [-0.2, -0.15) is 0 Å². The molecule has 2 heteroatoms. The van der Waals surface area contributed by atoms with Gasteiger partial charge in [0, 0.05) is 6.04 Å². The van der Waals surface area contributed by atoms with E-state index in [9.17, 15) is 0 Å². The van der Waals surface area contributed by atoms with Crippen LogP contribution in [0, 0.1) is 6.92 Å². The number of benzene rings is 1. The van der Waals surface area contributed by atoms with Crippen molar-refractivity contribution in [2.24, 2.45) is 5.73 Å². The summed E-state index contributed by atoms with van der Waals surface area (Å²) in [6, 6.07) is 6.63. The van der Waals surface area contributed by atoms with E-state index in [2.05, 4.69) is 45.9 Å². The fourth-order valence-electron chi connectivity index (χ4n) is 1.89. The van der Waals surface area contributed by atoms with Gasteiger partial charge in [-0.05, 0) is 50.3 Å². The van der Waals surface area contributed by atoms with Gasteiger partial charge >= 0.3 is 0 Å². The van der Waals surface area contributed by atoms with E-state index in [-0.39, 0.29) is 12.1 Å². The van der Waals surface area contributed by atoms with Crippen molar-refractivity contribution in [1.29, 1.82) is 0 Å². The van der Waals surface area contributed by atoms with Crippen molar-refractivity contribution >= 4 is 0 Å². The molecule has 0 fully saturated rings. The highest BCUT2D eigenvalue weighted by Gasteiger charge is 2.10. The molecule has 2 unspecified atom stereocenters. The van der Waals surface area contributed by atoms with E-state index < -0.39 is 0 Å². The van der Waals surface area contributed by atoms with E-state index in [4.69, 9.17) is 10.5 Å². The maximum atomic E-state index is 5.97. The minimum Gasteiger partial charge on any atom is -0.490 e. The van der Waals surface area contributed by atoms with Crippen molar-refractivity contribution in [3.8, 4) is 5.75 Å². The zero-order valence-corrected chi connectivity index (χ0v) is 11.7. The first-order valence-corrected chi connectivity index (χ1v) is 6.43. The fourth-order valence-corrected chi connectivity index (χ4v) is 1.89. The molecule has 0 spiro atoms. The molecule has 0 saturated heterocycles. The topological polar surface area (TPSA) is 35.2 Å².